The molecule has 1 unspecified atom stereocenters. The van der Waals surface area contributed by atoms with Crippen molar-refractivity contribution in [1.82, 2.24) is 0 Å². The molecule has 0 heterocycles. The van der Waals surface area contributed by atoms with Crippen LogP contribution in [0.5, 0.6) is 5.75 Å². The summed E-state index contributed by atoms with van der Waals surface area (Å²) in [6.07, 6.45) is 6.21. The molecule has 0 aromatic heterocycles. The quantitative estimate of drug-likeness (QED) is 0.746. The van der Waals surface area contributed by atoms with Gasteiger partial charge >= 0.3 is 0 Å². The van der Waals surface area contributed by atoms with E-state index in [-0.39, 0.29) is 5.92 Å². The Morgan fingerprint density at radius 3 is 2.56 bits per heavy atom. The molecular formula is C15H20O. The Balaban J connectivity index is 2.84. The zero-order valence-electron chi connectivity index (χ0n) is 10.5. The summed E-state index contributed by atoms with van der Waals surface area (Å²) in [5.74, 6) is 0.616. The first kappa shape index (κ1) is 12.6. The zero-order valence-corrected chi connectivity index (χ0v) is 10.5. The van der Waals surface area contributed by atoms with Gasteiger partial charge in [0.2, 0.25) is 0 Å². The third-order valence-corrected chi connectivity index (χ3v) is 2.51. The number of hydrogen-bond donors (Lipinski definition) is 1. The molecule has 0 saturated heterocycles. The third kappa shape index (κ3) is 3.58. The summed E-state index contributed by atoms with van der Waals surface area (Å²) in [7, 11) is 0. The highest BCUT2D eigenvalue weighted by Gasteiger charge is 2.06. The average molecular weight is 216 g/mol. The number of hydrogen-bond acceptors (Lipinski definition) is 1. The molecule has 0 fully saturated rings. The molecule has 1 heteroatoms. The molecule has 1 atom stereocenters. The van der Waals surface area contributed by atoms with Crippen LogP contribution in [0.4, 0.5) is 0 Å². The second-order valence-electron chi connectivity index (χ2n) is 4.48. The number of aromatic hydroxyl groups is 1. The zero-order chi connectivity index (χ0) is 12.1. The summed E-state index contributed by atoms with van der Waals surface area (Å²) in [6.45, 7) is 8.20. The van der Waals surface area contributed by atoms with Gasteiger partial charge in [-0.2, -0.15) is 0 Å². The second-order valence-corrected chi connectivity index (χ2v) is 4.48. The van der Waals surface area contributed by atoms with Crippen molar-refractivity contribution < 1.29 is 5.11 Å². The second kappa shape index (κ2) is 5.55. The molecule has 86 valence electrons. The summed E-state index contributed by atoms with van der Waals surface area (Å²) in [5.41, 5.74) is 3.34. The molecule has 0 spiro atoms. The van der Waals surface area contributed by atoms with Gasteiger partial charge in [0.1, 0.15) is 5.75 Å². The highest BCUT2D eigenvalue weighted by atomic mass is 16.3. The van der Waals surface area contributed by atoms with Crippen LogP contribution in [0.1, 0.15) is 37.8 Å². The van der Waals surface area contributed by atoms with Gasteiger partial charge in [0.15, 0.2) is 0 Å². The lowest BCUT2D eigenvalue weighted by Crippen LogP contribution is -1.90. The van der Waals surface area contributed by atoms with Gasteiger partial charge < -0.3 is 5.11 Å². The average Bonchev–Trinajstić information content (AvgIpc) is 2.16. The van der Waals surface area contributed by atoms with Gasteiger partial charge in [-0.15, -0.1) is 0 Å². The molecule has 0 amide bonds. The smallest absolute Gasteiger partial charge is 0.119 e. The van der Waals surface area contributed by atoms with Gasteiger partial charge in [-0.1, -0.05) is 42.9 Å². The molecule has 1 nitrogen and oxygen atoms in total. The van der Waals surface area contributed by atoms with Crippen molar-refractivity contribution in [2.75, 3.05) is 0 Å². The Bertz CT molecular complexity index is 409. The fourth-order valence-corrected chi connectivity index (χ4v) is 1.56. The number of benzene rings is 1. The summed E-state index contributed by atoms with van der Waals surface area (Å²) in [6, 6.07) is 5.82. The van der Waals surface area contributed by atoms with E-state index in [1.165, 1.54) is 5.57 Å². The fourth-order valence-electron chi connectivity index (χ4n) is 1.56. The Labute approximate surface area is 98.1 Å². The molecule has 0 bridgehead atoms. The van der Waals surface area contributed by atoms with E-state index < -0.39 is 0 Å². The van der Waals surface area contributed by atoms with Crippen LogP contribution >= 0.6 is 0 Å². The van der Waals surface area contributed by atoms with E-state index in [0.29, 0.717) is 5.75 Å². The number of allylic oxidation sites excluding steroid dienone is 4. The molecule has 1 rings (SSSR count). The van der Waals surface area contributed by atoms with Crippen molar-refractivity contribution >= 4 is 0 Å². The lowest BCUT2D eigenvalue weighted by Gasteiger charge is -2.09. The van der Waals surface area contributed by atoms with E-state index in [9.17, 15) is 5.11 Å². The maximum absolute atomic E-state index is 9.82. The number of aryl methyl sites for hydroxylation is 1. The minimum absolute atomic E-state index is 0.233. The van der Waals surface area contributed by atoms with Gasteiger partial charge in [-0.05, 0) is 32.4 Å². The van der Waals surface area contributed by atoms with E-state index in [1.54, 1.807) is 6.07 Å². The number of phenolic OH excluding ortho intramolecular Hbond substituents is 1. The first-order valence-electron chi connectivity index (χ1n) is 5.62. The monoisotopic (exact) mass is 216 g/mol. The van der Waals surface area contributed by atoms with Crippen LogP contribution in [-0.4, -0.2) is 5.11 Å². The van der Waals surface area contributed by atoms with Gasteiger partial charge in [0.25, 0.3) is 0 Å². The molecule has 0 aliphatic carbocycles. The van der Waals surface area contributed by atoms with Crippen LogP contribution in [0, 0.1) is 6.92 Å². The van der Waals surface area contributed by atoms with Crippen LogP contribution in [0.3, 0.4) is 0 Å². The van der Waals surface area contributed by atoms with E-state index in [4.69, 9.17) is 0 Å². The molecule has 0 radical (unpaired) electrons. The summed E-state index contributed by atoms with van der Waals surface area (Å²) >= 11 is 0. The minimum atomic E-state index is 0.233. The highest BCUT2D eigenvalue weighted by Crippen LogP contribution is 2.27. The van der Waals surface area contributed by atoms with Crippen LogP contribution in [0.15, 0.2) is 42.0 Å². The standard InChI is InChI=1S/C15H20O/c1-11(2)6-5-7-13(4)14-9-8-12(3)10-15(14)16/h5-10,13,16H,1-4H3. The Morgan fingerprint density at radius 1 is 1.31 bits per heavy atom. The van der Waals surface area contributed by atoms with Crippen LogP contribution in [-0.2, 0) is 0 Å². The lowest BCUT2D eigenvalue weighted by molar-refractivity contribution is 0.466. The maximum Gasteiger partial charge on any atom is 0.119 e. The van der Waals surface area contributed by atoms with Crippen LogP contribution < -0.4 is 0 Å². The van der Waals surface area contributed by atoms with Crippen molar-refractivity contribution in [3.05, 3.63) is 53.1 Å². The molecule has 0 aliphatic heterocycles. The first-order valence-corrected chi connectivity index (χ1v) is 5.62. The molecule has 16 heavy (non-hydrogen) atoms. The van der Waals surface area contributed by atoms with Crippen molar-refractivity contribution in [3.8, 4) is 5.75 Å². The molecule has 0 saturated carbocycles. The predicted octanol–water partition coefficient (Wildman–Crippen LogP) is 4.33. The fraction of sp³-hybridized carbons (Fsp3) is 0.333. The molecule has 1 aromatic carbocycles. The first-order chi connectivity index (χ1) is 7.50. The highest BCUT2D eigenvalue weighted by molar-refractivity contribution is 5.40. The number of phenols is 1. The molecule has 1 N–H and O–H groups in total. The summed E-state index contributed by atoms with van der Waals surface area (Å²) < 4.78 is 0. The van der Waals surface area contributed by atoms with E-state index in [0.717, 1.165) is 11.1 Å². The number of rotatable bonds is 3. The molecule has 1 aromatic rings. The van der Waals surface area contributed by atoms with Crippen molar-refractivity contribution in [2.45, 2.75) is 33.6 Å². The van der Waals surface area contributed by atoms with Crippen LogP contribution in [0.2, 0.25) is 0 Å². The van der Waals surface area contributed by atoms with Crippen molar-refractivity contribution in [1.29, 1.82) is 0 Å². The van der Waals surface area contributed by atoms with Gasteiger partial charge in [-0.3, -0.25) is 0 Å². The van der Waals surface area contributed by atoms with Gasteiger partial charge in [-0.25, -0.2) is 0 Å². The topological polar surface area (TPSA) is 20.2 Å². The van der Waals surface area contributed by atoms with Crippen molar-refractivity contribution in [3.63, 3.8) is 0 Å². The van der Waals surface area contributed by atoms with E-state index in [2.05, 4.69) is 32.9 Å². The predicted molar refractivity (Wildman–Crippen MR) is 69.8 cm³/mol. The minimum Gasteiger partial charge on any atom is -0.508 e. The van der Waals surface area contributed by atoms with Crippen molar-refractivity contribution in [2.24, 2.45) is 0 Å². The Kier molecular flexibility index (Phi) is 4.36. The largest absolute Gasteiger partial charge is 0.508 e. The third-order valence-electron chi connectivity index (χ3n) is 2.51. The lowest BCUT2D eigenvalue weighted by atomic mass is 9.98. The normalized spacial score (nSPS) is 12.8. The van der Waals surface area contributed by atoms with Gasteiger partial charge in [0, 0.05) is 11.5 Å². The Morgan fingerprint density at radius 2 is 2.00 bits per heavy atom. The van der Waals surface area contributed by atoms with E-state index >= 15 is 0 Å². The van der Waals surface area contributed by atoms with Gasteiger partial charge in [0.05, 0.1) is 0 Å². The molecular weight excluding hydrogens is 196 g/mol. The van der Waals surface area contributed by atoms with E-state index in [1.807, 2.05) is 25.1 Å². The summed E-state index contributed by atoms with van der Waals surface area (Å²) in [4.78, 5) is 0. The SMILES string of the molecule is CC(C)=CC=CC(C)c1ccc(C)cc1O. The van der Waals surface area contributed by atoms with Crippen LogP contribution in [0.25, 0.3) is 0 Å². The molecule has 0 aliphatic rings. The Hall–Kier alpha value is -1.50. The summed E-state index contributed by atoms with van der Waals surface area (Å²) in [5, 5.41) is 9.82. The maximum atomic E-state index is 9.82.